The van der Waals surface area contributed by atoms with Crippen molar-refractivity contribution in [2.75, 3.05) is 0 Å². The molecule has 0 amide bonds. The minimum atomic E-state index is -4.60. The number of fused-ring (bicyclic) bond motifs is 1. The van der Waals surface area contributed by atoms with E-state index in [9.17, 15) is 26.0 Å². The molecule has 2 aromatic heterocycles. The molecule has 0 spiro atoms. The first-order valence-corrected chi connectivity index (χ1v) is 9.72. The highest BCUT2D eigenvalue weighted by molar-refractivity contribution is 7.89. The van der Waals surface area contributed by atoms with Crippen molar-refractivity contribution in [1.29, 1.82) is 0 Å². The second-order valence-electron chi connectivity index (χ2n) is 6.07. The molecule has 3 aromatic rings. The summed E-state index contributed by atoms with van der Waals surface area (Å²) in [5.74, 6) is -0.336. The van der Waals surface area contributed by atoms with Crippen molar-refractivity contribution < 1.29 is 26.0 Å². The maximum atomic E-state index is 13.0. The van der Waals surface area contributed by atoms with E-state index < -0.39 is 33.8 Å². The Morgan fingerprint density at radius 2 is 1.86 bits per heavy atom. The number of aromatic nitrogens is 3. The highest BCUT2D eigenvalue weighted by Crippen LogP contribution is 2.30. The van der Waals surface area contributed by atoms with E-state index in [0.29, 0.717) is 0 Å². The quantitative estimate of drug-likeness (QED) is 0.644. The van der Waals surface area contributed by atoms with Gasteiger partial charge in [0.1, 0.15) is 22.9 Å². The van der Waals surface area contributed by atoms with E-state index in [-0.39, 0.29) is 28.3 Å². The third kappa shape index (κ3) is 3.85. The van der Waals surface area contributed by atoms with Gasteiger partial charge in [-0.15, -0.1) is 0 Å². The Hall–Kier alpha value is -2.53. The van der Waals surface area contributed by atoms with Crippen molar-refractivity contribution in [2.45, 2.75) is 37.5 Å². The number of imidazole rings is 1. The van der Waals surface area contributed by atoms with Crippen molar-refractivity contribution in [1.82, 2.24) is 19.3 Å². The number of benzene rings is 1. The fourth-order valence-electron chi connectivity index (χ4n) is 2.83. The number of aryl methyl sites for hydroxylation is 1. The predicted octanol–water partition coefficient (Wildman–Crippen LogP) is 3.65. The summed E-state index contributed by atoms with van der Waals surface area (Å²) in [6.45, 7) is 3.50. The van der Waals surface area contributed by atoms with E-state index in [1.807, 2.05) is 0 Å². The van der Waals surface area contributed by atoms with Crippen LogP contribution >= 0.6 is 0 Å². The summed E-state index contributed by atoms with van der Waals surface area (Å²) in [5.41, 5.74) is -0.633. The molecule has 1 aromatic carbocycles. The minimum Gasteiger partial charge on any atom is -0.327 e. The van der Waals surface area contributed by atoms with Gasteiger partial charge >= 0.3 is 6.18 Å². The van der Waals surface area contributed by atoms with Gasteiger partial charge in [-0.1, -0.05) is 0 Å². The molecule has 1 atom stereocenters. The second kappa shape index (κ2) is 7.13. The van der Waals surface area contributed by atoms with Crippen molar-refractivity contribution >= 4 is 21.1 Å². The molecule has 0 aliphatic carbocycles. The Morgan fingerprint density at radius 1 is 1.21 bits per heavy atom. The first kappa shape index (κ1) is 20.2. The van der Waals surface area contributed by atoms with Crippen LogP contribution in [-0.4, -0.2) is 23.0 Å². The lowest BCUT2D eigenvalue weighted by atomic mass is 10.3. The summed E-state index contributed by atoms with van der Waals surface area (Å²) < 4.78 is 80.8. The molecule has 1 unspecified atom stereocenters. The van der Waals surface area contributed by atoms with Gasteiger partial charge in [-0.2, -0.15) is 13.2 Å². The maximum absolute atomic E-state index is 13.0. The lowest BCUT2D eigenvalue weighted by Gasteiger charge is -2.15. The van der Waals surface area contributed by atoms with E-state index >= 15 is 0 Å². The molecule has 0 fully saturated rings. The molecular formula is C17H16F4N4O2S. The number of pyridine rings is 1. The fraction of sp³-hybridized carbons (Fsp3) is 0.294. The van der Waals surface area contributed by atoms with E-state index in [0.717, 1.165) is 36.5 Å². The lowest BCUT2D eigenvalue weighted by Crippen LogP contribution is -2.28. The van der Waals surface area contributed by atoms with Crippen molar-refractivity contribution in [3.8, 4) is 0 Å². The first-order chi connectivity index (χ1) is 13.0. The smallest absolute Gasteiger partial charge is 0.327 e. The van der Waals surface area contributed by atoms with Crippen LogP contribution in [0.2, 0.25) is 0 Å². The van der Waals surface area contributed by atoms with Gasteiger partial charge in [-0.05, 0) is 44.2 Å². The zero-order valence-electron chi connectivity index (χ0n) is 14.8. The first-order valence-electron chi connectivity index (χ1n) is 8.24. The third-order valence-corrected chi connectivity index (χ3v) is 5.67. The fourth-order valence-corrected chi connectivity index (χ4v) is 4.03. The van der Waals surface area contributed by atoms with Crippen molar-refractivity contribution in [3.05, 3.63) is 53.9 Å². The van der Waals surface area contributed by atoms with E-state index in [4.69, 9.17) is 0 Å². The Morgan fingerprint density at radius 3 is 2.43 bits per heavy atom. The normalized spacial score (nSPS) is 13.8. The van der Waals surface area contributed by atoms with Gasteiger partial charge in [-0.3, -0.25) is 0 Å². The minimum absolute atomic E-state index is 0.138. The summed E-state index contributed by atoms with van der Waals surface area (Å²) in [6.07, 6.45) is -3.60. The van der Waals surface area contributed by atoms with Crippen LogP contribution in [0.1, 0.15) is 31.4 Å². The Bertz CT molecular complexity index is 1110. The number of alkyl halides is 3. The summed E-state index contributed by atoms with van der Waals surface area (Å²) >= 11 is 0. The predicted molar refractivity (Wildman–Crippen MR) is 93.3 cm³/mol. The standard InChI is InChI=1S/C17H16F4N4O2S/c1-3-25-14-8-15(17(19,20)21)22-9-13(14)23-16(25)10(2)24-28(26,27)12-6-4-11(18)5-7-12/h4-10,24H,3H2,1-2H3. The van der Waals surface area contributed by atoms with Crippen LogP contribution in [0.15, 0.2) is 41.4 Å². The van der Waals surface area contributed by atoms with Crippen LogP contribution in [0.5, 0.6) is 0 Å². The van der Waals surface area contributed by atoms with Gasteiger partial charge in [0.15, 0.2) is 0 Å². The highest BCUT2D eigenvalue weighted by Gasteiger charge is 2.33. The van der Waals surface area contributed by atoms with Crippen LogP contribution in [0.3, 0.4) is 0 Å². The van der Waals surface area contributed by atoms with Crippen LogP contribution in [0, 0.1) is 5.82 Å². The molecule has 150 valence electrons. The van der Waals surface area contributed by atoms with Crippen LogP contribution in [0.4, 0.5) is 17.6 Å². The molecule has 28 heavy (non-hydrogen) atoms. The van der Waals surface area contributed by atoms with Crippen molar-refractivity contribution in [3.63, 3.8) is 0 Å². The zero-order chi connectivity index (χ0) is 20.7. The Kier molecular flexibility index (Phi) is 5.15. The molecule has 0 saturated carbocycles. The molecule has 11 heteroatoms. The van der Waals surface area contributed by atoms with Gasteiger partial charge < -0.3 is 4.57 Å². The Labute approximate surface area is 158 Å². The number of rotatable bonds is 5. The number of nitrogens with zero attached hydrogens (tertiary/aromatic N) is 3. The van der Waals surface area contributed by atoms with Gasteiger partial charge in [0.05, 0.1) is 22.7 Å². The van der Waals surface area contributed by atoms with Crippen molar-refractivity contribution in [2.24, 2.45) is 0 Å². The molecule has 0 saturated heterocycles. The van der Waals surface area contributed by atoms with Gasteiger partial charge in [0.25, 0.3) is 0 Å². The molecule has 0 aliphatic heterocycles. The summed E-state index contributed by atoms with van der Waals surface area (Å²) in [4.78, 5) is 7.49. The molecule has 1 N–H and O–H groups in total. The van der Waals surface area contributed by atoms with Gasteiger partial charge in [0.2, 0.25) is 10.0 Å². The molecule has 0 bridgehead atoms. The molecule has 6 nitrogen and oxygen atoms in total. The lowest BCUT2D eigenvalue weighted by molar-refractivity contribution is -0.141. The van der Waals surface area contributed by atoms with E-state index in [2.05, 4.69) is 14.7 Å². The molecule has 0 aliphatic rings. The third-order valence-electron chi connectivity index (χ3n) is 4.11. The van der Waals surface area contributed by atoms with Crippen LogP contribution < -0.4 is 4.72 Å². The monoisotopic (exact) mass is 416 g/mol. The highest BCUT2D eigenvalue weighted by atomic mass is 32.2. The largest absolute Gasteiger partial charge is 0.433 e. The number of halogens is 4. The van der Waals surface area contributed by atoms with E-state index in [1.165, 1.54) is 11.5 Å². The number of nitrogens with one attached hydrogen (secondary N) is 1. The Balaban J connectivity index is 1.99. The second-order valence-corrected chi connectivity index (χ2v) is 7.78. The van der Waals surface area contributed by atoms with Gasteiger partial charge in [-0.25, -0.2) is 27.5 Å². The maximum Gasteiger partial charge on any atom is 0.433 e. The van der Waals surface area contributed by atoms with Crippen LogP contribution in [-0.2, 0) is 22.7 Å². The summed E-state index contributed by atoms with van der Waals surface area (Å²) in [7, 11) is -3.98. The zero-order valence-corrected chi connectivity index (χ0v) is 15.6. The summed E-state index contributed by atoms with van der Waals surface area (Å²) in [5, 5.41) is 0. The average molecular weight is 416 g/mol. The van der Waals surface area contributed by atoms with E-state index in [1.54, 1.807) is 6.92 Å². The number of hydrogen-bond donors (Lipinski definition) is 1. The number of sulfonamides is 1. The molecular weight excluding hydrogens is 400 g/mol. The average Bonchev–Trinajstić information content (AvgIpc) is 2.99. The molecule has 3 rings (SSSR count). The summed E-state index contributed by atoms with van der Waals surface area (Å²) in [6, 6.07) is 4.31. The molecule has 0 radical (unpaired) electrons. The number of hydrogen-bond acceptors (Lipinski definition) is 4. The SMILES string of the molecule is CCn1c(C(C)NS(=O)(=O)c2ccc(F)cc2)nc2cnc(C(F)(F)F)cc21. The van der Waals surface area contributed by atoms with Gasteiger partial charge in [0, 0.05) is 6.54 Å². The van der Waals surface area contributed by atoms with Crippen LogP contribution in [0.25, 0.3) is 11.0 Å². The topological polar surface area (TPSA) is 76.9 Å². The molecule has 2 heterocycles.